The number of carbonyl (C=O) groups excluding carboxylic acids is 1. The zero-order chi connectivity index (χ0) is 13.5. The van der Waals surface area contributed by atoms with E-state index >= 15 is 0 Å². The largest absolute Gasteiger partial charge is 0.481 e. The van der Waals surface area contributed by atoms with Gasteiger partial charge in [0.15, 0.2) is 0 Å². The van der Waals surface area contributed by atoms with Crippen molar-refractivity contribution in [3.63, 3.8) is 0 Å². The Hall–Kier alpha value is -2.35. The molecule has 1 aromatic rings. The highest BCUT2D eigenvalue weighted by Crippen LogP contribution is 2.12. The van der Waals surface area contributed by atoms with Crippen LogP contribution >= 0.6 is 0 Å². The summed E-state index contributed by atoms with van der Waals surface area (Å²) in [4.78, 5) is 21.1. The molecule has 0 amide bonds. The predicted molar refractivity (Wildman–Crippen MR) is 61.3 cm³/mol. The van der Waals surface area contributed by atoms with E-state index in [-0.39, 0.29) is 12.8 Å². The third-order valence-electron chi connectivity index (χ3n) is 2.16. The lowest BCUT2D eigenvalue weighted by Gasteiger charge is -2.01. The normalized spacial score (nSPS) is 9.22. The number of aliphatic carboxylic acids is 1. The number of rotatable bonds is 3. The molecular weight excluding hydrogens is 239 g/mol. The first-order chi connectivity index (χ1) is 8.52. The summed E-state index contributed by atoms with van der Waals surface area (Å²) in [6.45, 7) is 0. The van der Waals surface area contributed by atoms with Gasteiger partial charge in [0.2, 0.25) is 0 Å². The fourth-order valence-electron chi connectivity index (χ4n) is 1.24. The van der Waals surface area contributed by atoms with Crippen molar-refractivity contribution in [2.75, 3.05) is 7.11 Å². The molecule has 18 heavy (non-hydrogen) atoms. The van der Waals surface area contributed by atoms with Gasteiger partial charge < -0.3 is 9.84 Å². The molecule has 0 atom stereocenters. The van der Waals surface area contributed by atoms with E-state index in [1.807, 2.05) is 0 Å². The minimum atomic E-state index is -0.982. The van der Waals surface area contributed by atoms with Gasteiger partial charge in [-0.3, -0.25) is 4.79 Å². The molecule has 0 saturated heterocycles. The van der Waals surface area contributed by atoms with Gasteiger partial charge in [0.1, 0.15) is 5.82 Å². The van der Waals surface area contributed by atoms with Crippen molar-refractivity contribution in [1.29, 1.82) is 0 Å². The maximum Gasteiger partial charge on any atom is 0.384 e. The maximum absolute atomic E-state index is 13.5. The first-order valence-corrected chi connectivity index (χ1v) is 5.13. The summed E-state index contributed by atoms with van der Waals surface area (Å²) < 4.78 is 17.8. The second kappa shape index (κ2) is 6.40. The van der Waals surface area contributed by atoms with Crippen molar-refractivity contribution >= 4 is 11.9 Å². The molecule has 0 aliphatic rings. The van der Waals surface area contributed by atoms with E-state index in [0.29, 0.717) is 11.1 Å². The molecule has 0 unspecified atom stereocenters. The number of carboxylic acids is 1. The summed E-state index contributed by atoms with van der Waals surface area (Å²) in [5.41, 5.74) is 0.637. The predicted octanol–water partition coefficient (Wildman–Crippen LogP) is 1.37. The zero-order valence-electron chi connectivity index (χ0n) is 9.70. The number of halogens is 1. The monoisotopic (exact) mass is 250 g/mol. The highest BCUT2D eigenvalue weighted by Gasteiger charge is 2.05. The number of carbonyl (C=O) groups is 2. The average Bonchev–Trinajstić information content (AvgIpc) is 2.34. The Kier molecular flexibility index (Phi) is 4.88. The SMILES string of the molecule is COC(=O)C#Cc1ccc(CCC(=O)O)c(F)c1. The summed E-state index contributed by atoms with van der Waals surface area (Å²) in [6, 6.07) is 4.14. The Labute approximate surface area is 103 Å². The third-order valence-corrected chi connectivity index (χ3v) is 2.16. The van der Waals surface area contributed by atoms with Crippen LogP contribution < -0.4 is 0 Å². The highest BCUT2D eigenvalue weighted by atomic mass is 19.1. The van der Waals surface area contributed by atoms with E-state index < -0.39 is 17.8 Å². The van der Waals surface area contributed by atoms with Gasteiger partial charge in [0, 0.05) is 17.9 Å². The minimum absolute atomic E-state index is 0.117. The summed E-state index contributed by atoms with van der Waals surface area (Å²) in [7, 11) is 1.20. The molecule has 0 bridgehead atoms. The van der Waals surface area contributed by atoms with E-state index in [1.54, 1.807) is 0 Å². The lowest BCUT2D eigenvalue weighted by molar-refractivity contribution is -0.137. The molecule has 0 aliphatic heterocycles. The van der Waals surface area contributed by atoms with Crippen molar-refractivity contribution < 1.29 is 23.8 Å². The van der Waals surface area contributed by atoms with Gasteiger partial charge in [0.05, 0.1) is 7.11 Å². The van der Waals surface area contributed by atoms with Crippen LogP contribution in [-0.2, 0) is 20.7 Å². The van der Waals surface area contributed by atoms with E-state index in [2.05, 4.69) is 16.6 Å². The Morgan fingerprint density at radius 1 is 1.44 bits per heavy atom. The van der Waals surface area contributed by atoms with Gasteiger partial charge in [0.25, 0.3) is 0 Å². The lowest BCUT2D eigenvalue weighted by atomic mass is 10.1. The van der Waals surface area contributed by atoms with Crippen LogP contribution in [0.3, 0.4) is 0 Å². The van der Waals surface area contributed by atoms with Crippen molar-refractivity contribution in [1.82, 2.24) is 0 Å². The minimum Gasteiger partial charge on any atom is -0.481 e. The molecule has 1 rings (SSSR count). The van der Waals surface area contributed by atoms with Crippen LogP contribution in [0.1, 0.15) is 17.5 Å². The van der Waals surface area contributed by atoms with E-state index in [4.69, 9.17) is 5.11 Å². The molecule has 1 aromatic carbocycles. The molecule has 94 valence electrons. The van der Waals surface area contributed by atoms with E-state index in [1.165, 1.54) is 19.2 Å². The lowest BCUT2D eigenvalue weighted by Crippen LogP contribution is -1.99. The summed E-state index contributed by atoms with van der Waals surface area (Å²) in [5, 5.41) is 8.50. The van der Waals surface area contributed by atoms with Gasteiger partial charge in [-0.15, -0.1) is 0 Å². The number of methoxy groups -OCH3 is 1. The molecule has 0 saturated carbocycles. The van der Waals surface area contributed by atoms with E-state index in [0.717, 1.165) is 6.07 Å². The van der Waals surface area contributed by atoms with Crippen LogP contribution in [-0.4, -0.2) is 24.2 Å². The van der Waals surface area contributed by atoms with Crippen LogP contribution in [0.2, 0.25) is 0 Å². The summed E-state index contributed by atoms with van der Waals surface area (Å²) >= 11 is 0. The van der Waals surface area contributed by atoms with Crippen LogP contribution in [0.15, 0.2) is 18.2 Å². The number of hydrogen-bond donors (Lipinski definition) is 1. The van der Waals surface area contributed by atoms with Gasteiger partial charge in [-0.1, -0.05) is 12.0 Å². The summed E-state index contributed by atoms with van der Waals surface area (Å²) in [6.07, 6.45) is -0.0179. The van der Waals surface area contributed by atoms with Crippen LogP contribution in [0.5, 0.6) is 0 Å². The number of ether oxygens (including phenoxy) is 1. The molecule has 0 radical (unpaired) electrons. The molecule has 4 nitrogen and oxygen atoms in total. The Morgan fingerprint density at radius 2 is 2.17 bits per heavy atom. The molecule has 0 fully saturated rings. The zero-order valence-corrected chi connectivity index (χ0v) is 9.70. The number of aryl methyl sites for hydroxylation is 1. The topological polar surface area (TPSA) is 63.6 Å². The molecule has 5 heteroatoms. The first-order valence-electron chi connectivity index (χ1n) is 5.13. The van der Waals surface area contributed by atoms with Crippen molar-refractivity contribution in [2.24, 2.45) is 0 Å². The fourth-order valence-corrected chi connectivity index (χ4v) is 1.24. The third kappa shape index (κ3) is 4.26. The fraction of sp³-hybridized carbons (Fsp3) is 0.231. The molecule has 0 aliphatic carbocycles. The smallest absolute Gasteiger partial charge is 0.384 e. The number of benzene rings is 1. The van der Waals surface area contributed by atoms with Crippen molar-refractivity contribution in [3.05, 3.63) is 35.1 Å². The van der Waals surface area contributed by atoms with Crippen LogP contribution in [0.4, 0.5) is 4.39 Å². The maximum atomic E-state index is 13.5. The Morgan fingerprint density at radius 3 is 2.72 bits per heavy atom. The van der Waals surface area contributed by atoms with Gasteiger partial charge in [-0.05, 0) is 24.1 Å². The average molecular weight is 250 g/mol. The number of hydrogen-bond acceptors (Lipinski definition) is 3. The van der Waals surface area contributed by atoms with E-state index in [9.17, 15) is 14.0 Å². The van der Waals surface area contributed by atoms with Gasteiger partial charge in [-0.2, -0.15) is 0 Å². The molecule has 0 spiro atoms. The Bertz CT molecular complexity index is 526. The second-order valence-corrected chi connectivity index (χ2v) is 3.44. The Balaban J connectivity index is 2.81. The molecular formula is C13H11FO4. The first kappa shape index (κ1) is 13.7. The molecule has 1 N–H and O–H groups in total. The van der Waals surface area contributed by atoms with Crippen LogP contribution in [0.25, 0.3) is 0 Å². The van der Waals surface area contributed by atoms with Gasteiger partial charge in [-0.25, -0.2) is 9.18 Å². The number of esters is 1. The molecule has 0 aromatic heterocycles. The standard InChI is InChI=1S/C13H11FO4/c1-18-13(17)7-3-9-2-4-10(11(14)8-9)5-6-12(15)16/h2,4,8H,5-6H2,1H3,(H,15,16). The van der Waals surface area contributed by atoms with Crippen molar-refractivity contribution in [2.45, 2.75) is 12.8 Å². The highest BCUT2D eigenvalue weighted by molar-refractivity contribution is 5.88. The van der Waals surface area contributed by atoms with Crippen molar-refractivity contribution in [3.8, 4) is 11.8 Å². The molecule has 0 heterocycles. The van der Waals surface area contributed by atoms with Crippen LogP contribution in [0, 0.1) is 17.7 Å². The summed E-state index contributed by atoms with van der Waals surface area (Å²) in [5.74, 6) is 2.40. The van der Waals surface area contributed by atoms with Gasteiger partial charge >= 0.3 is 11.9 Å². The number of carboxylic acid groups (broad SMARTS) is 1. The second-order valence-electron chi connectivity index (χ2n) is 3.44. The quantitative estimate of drug-likeness (QED) is 0.650.